The smallest absolute Gasteiger partial charge is 0.0661 e. The Kier molecular flexibility index (Phi) is 4.48. The van der Waals surface area contributed by atoms with Crippen LogP contribution in [0, 0.1) is 11.3 Å². The monoisotopic (exact) mass is 239 g/mol. The zero-order chi connectivity index (χ0) is 12.3. The van der Waals surface area contributed by atoms with Crippen molar-refractivity contribution < 1.29 is 4.74 Å². The predicted molar refractivity (Wildman–Crippen MR) is 72.2 cm³/mol. The first kappa shape index (κ1) is 13.4. The zero-order valence-electron chi connectivity index (χ0n) is 11.8. The van der Waals surface area contributed by atoms with Crippen molar-refractivity contribution in [2.45, 2.75) is 70.9 Å². The summed E-state index contributed by atoms with van der Waals surface area (Å²) in [5, 5.41) is 3.53. The summed E-state index contributed by atoms with van der Waals surface area (Å²) in [6.07, 6.45) is 10.2. The van der Waals surface area contributed by atoms with Crippen molar-refractivity contribution in [2.75, 3.05) is 13.7 Å². The van der Waals surface area contributed by atoms with Crippen LogP contribution >= 0.6 is 0 Å². The molecular formula is C15H29NO. The molecule has 2 rings (SSSR count). The SMILES string of the molecule is CNC1CC(OCC(C)C)C12CCCCCC2. The molecule has 0 radical (unpaired) electrons. The number of rotatable bonds is 4. The molecule has 0 aliphatic heterocycles. The van der Waals surface area contributed by atoms with E-state index in [-0.39, 0.29) is 0 Å². The maximum atomic E-state index is 6.18. The molecule has 0 bridgehead atoms. The first-order valence-corrected chi connectivity index (χ1v) is 7.48. The Labute approximate surface area is 107 Å². The van der Waals surface area contributed by atoms with Gasteiger partial charge in [0.15, 0.2) is 0 Å². The minimum Gasteiger partial charge on any atom is -0.377 e. The third-order valence-corrected chi connectivity index (χ3v) is 4.80. The molecule has 0 aromatic heterocycles. The van der Waals surface area contributed by atoms with E-state index in [1.165, 1.54) is 44.9 Å². The summed E-state index contributed by atoms with van der Waals surface area (Å²) in [6.45, 7) is 5.42. The van der Waals surface area contributed by atoms with Gasteiger partial charge in [-0.05, 0) is 32.2 Å². The van der Waals surface area contributed by atoms with Crippen LogP contribution in [0.4, 0.5) is 0 Å². The Morgan fingerprint density at radius 3 is 2.35 bits per heavy atom. The molecule has 2 unspecified atom stereocenters. The number of hydrogen-bond acceptors (Lipinski definition) is 2. The molecule has 0 aromatic carbocycles. The van der Waals surface area contributed by atoms with Crippen molar-refractivity contribution in [2.24, 2.45) is 11.3 Å². The third kappa shape index (κ3) is 2.68. The van der Waals surface area contributed by atoms with E-state index in [4.69, 9.17) is 4.74 Å². The highest BCUT2D eigenvalue weighted by molar-refractivity contribution is 5.07. The van der Waals surface area contributed by atoms with Gasteiger partial charge >= 0.3 is 0 Å². The van der Waals surface area contributed by atoms with Gasteiger partial charge in [-0.1, -0.05) is 39.5 Å². The van der Waals surface area contributed by atoms with Gasteiger partial charge in [0.2, 0.25) is 0 Å². The minimum atomic E-state index is 0.472. The molecule has 2 aliphatic rings. The van der Waals surface area contributed by atoms with E-state index in [0.29, 0.717) is 23.5 Å². The third-order valence-electron chi connectivity index (χ3n) is 4.80. The first-order chi connectivity index (χ1) is 8.19. The van der Waals surface area contributed by atoms with Crippen molar-refractivity contribution in [1.82, 2.24) is 5.32 Å². The van der Waals surface area contributed by atoms with Crippen molar-refractivity contribution in [3.05, 3.63) is 0 Å². The Balaban J connectivity index is 1.97. The lowest BCUT2D eigenvalue weighted by atomic mass is 9.58. The normalized spacial score (nSPS) is 32.5. The van der Waals surface area contributed by atoms with Crippen LogP contribution in [0.5, 0.6) is 0 Å². The Bertz CT molecular complexity index is 231. The second kappa shape index (κ2) is 5.71. The maximum absolute atomic E-state index is 6.18. The van der Waals surface area contributed by atoms with Crippen LogP contribution in [0.3, 0.4) is 0 Å². The van der Waals surface area contributed by atoms with Crippen molar-refractivity contribution in [3.8, 4) is 0 Å². The molecule has 17 heavy (non-hydrogen) atoms. The molecule has 0 saturated heterocycles. The summed E-state index contributed by atoms with van der Waals surface area (Å²) in [6, 6.07) is 0.706. The fourth-order valence-electron chi connectivity index (χ4n) is 3.75. The van der Waals surface area contributed by atoms with Gasteiger partial charge < -0.3 is 10.1 Å². The molecule has 2 fully saturated rings. The molecule has 100 valence electrons. The van der Waals surface area contributed by atoms with Gasteiger partial charge in [0.05, 0.1) is 6.10 Å². The summed E-state index contributed by atoms with van der Waals surface area (Å²) in [7, 11) is 2.12. The Morgan fingerprint density at radius 2 is 1.82 bits per heavy atom. The predicted octanol–water partition coefficient (Wildman–Crippen LogP) is 3.36. The second-order valence-electron chi connectivity index (χ2n) is 6.44. The lowest BCUT2D eigenvalue weighted by Gasteiger charge is -2.56. The van der Waals surface area contributed by atoms with Crippen LogP contribution in [0.15, 0.2) is 0 Å². The summed E-state index contributed by atoms with van der Waals surface area (Å²) in [5.41, 5.74) is 0.472. The molecular weight excluding hydrogens is 210 g/mol. The van der Waals surface area contributed by atoms with Crippen LogP contribution in [0.2, 0.25) is 0 Å². The average molecular weight is 239 g/mol. The van der Waals surface area contributed by atoms with Crippen LogP contribution in [0.1, 0.15) is 58.8 Å². The number of hydrogen-bond donors (Lipinski definition) is 1. The standard InChI is InChI=1S/C15H29NO/c1-12(2)11-17-14-10-13(16-3)15(14)8-6-4-5-7-9-15/h12-14,16H,4-11H2,1-3H3. The van der Waals surface area contributed by atoms with E-state index in [0.717, 1.165) is 6.61 Å². The molecule has 0 aromatic rings. The van der Waals surface area contributed by atoms with Gasteiger partial charge in [0.25, 0.3) is 0 Å². The van der Waals surface area contributed by atoms with Crippen molar-refractivity contribution in [3.63, 3.8) is 0 Å². The van der Waals surface area contributed by atoms with Crippen LogP contribution in [0.25, 0.3) is 0 Å². The molecule has 2 heteroatoms. The molecule has 0 heterocycles. The highest BCUT2D eigenvalue weighted by Crippen LogP contribution is 2.52. The maximum Gasteiger partial charge on any atom is 0.0661 e. The second-order valence-corrected chi connectivity index (χ2v) is 6.44. The van der Waals surface area contributed by atoms with Gasteiger partial charge in [0.1, 0.15) is 0 Å². The van der Waals surface area contributed by atoms with E-state index in [2.05, 4.69) is 26.2 Å². The fraction of sp³-hybridized carbons (Fsp3) is 1.00. The number of nitrogens with one attached hydrogen (secondary N) is 1. The summed E-state index contributed by atoms with van der Waals surface area (Å²) >= 11 is 0. The summed E-state index contributed by atoms with van der Waals surface area (Å²) in [5.74, 6) is 0.659. The summed E-state index contributed by atoms with van der Waals surface area (Å²) in [4.78, 5) is 0. The van der Waals surface area contributed by atoms with Crippen LogP contribution in [-0.2, 0) is 4.74 Å². The average Bonchev–Trinajstić information content (AvgIpc) is 2.54. The van der Waals surface area contributed by atoms with Gasteiger partial charge in [0, 0.05) is 18.1 Å². The molecule has 2 aliphatic carbocycles. The topological polar surface area (TPSA) is 21.3 Å². The minimum absolute atomic E-state index is 0.472. The molecule has 2 atom stereocenters. The van der Waals surface area contributed by atoms with Crippen molar-refractivity contribution in [1.29, 1.82) is 0 Å². The van der Waals surface area contributed by atoms with E-state index in [9.17, 15) is 0 Å². The summed E-state index contributed by atoms with van der Waals surface area (Å²) < 4.78 is 6.18. The molecule has 1 spiro atoms. The van der Waals surface area contributed by atoms with E-state index in [1.54, 1.807) is 0 Å². The van der Waals surface area contributed by atoms with Gasteiger partial charge in [-0.15, -0.1) is 0 Å². The molecule has 2 nitrogen and oxygen atoms in total. The largest absolute Gasteiger partial charge is 0.377 e. The van der Waals surface area contributed by atoms with Crippen LogP contribution < -0.4 is 5.32 Å². The first-order valence-electron chi connectivity index (χ1n) is 7.48. The molecule has 0 amide bonds. The van der Waals surface area contributed by atoms with E-state index in [1.807, 2.05) is 0 Å². The van der Waals surface area contributed by atoms with Gasteiger partial charge in [-0.3, -0.25) is 0 Å². The Morgan fingerprint density at radius 1 is 1.18 bits per heavy atom. The molecule has 1 N–H and O–H groups in total. The van der Waals surface area contributed by atoms with Crippen molar-refractivity contribution >= 4 is 0 Å². The lowest BCUT2D eigenvalue weighted by Crippen LogP contribution is -2.63. The van der Waals surface area contributed by atoms with Crippen LogP contribution in [-0.4, -0.2) is 25.8 Å². The molecule has 2 saturated carbocycles. The van der Waals surface area contributed by atoms with E-state index >= 15 is 0 Å². The Hall–Kier alpha value is -0.0800. The lowest BCUT2D eigenvalue weighted by molar-refractivity contribution is -0.147. The zero-order valence-corrected chi connectivity index (χ0v) is 11.8. The fourth-order valence-corrected chi connectivity index (χ4v) is 3.75. The number of ether oxygens (including phenoxy) is 1. The highest BCUT2D eigenvalue weighted by Gasteiger charge is 2.54. The van der Waals surface area contributed by atoms with E-state index < -0.39 is 0 Å². The quantitative estimate of drug-likeness (QED) is 0.812. The van der Waals surface area contributed by atoms with Gasteiger partial charge in [-0.2, -0.15) is 0 Å². The highest BCUT2D eigenvalue weighted by atomic mass is 16.5. The van der Waals surface area contributed by atoms with Gasteiger partial charge in [-0.25, -0.2) is 0 Å².